The molecule has 1 aliphatic heterocycles. The molecular formula is C39H28N2O. The van der Waals surface area contributed by atoms with Crippen LogP contribution < -0.4 is 4.90 Å². The molecule has 0 unspecified atom stereocenters. The van der Waals surface area contributed by atoms with E-state index in [0.29, 0.717) is 0 Å². The van der Waals surface area contributed by atoms with Crippen LogP contribution in [0.3, 0.4) is 0 Å². The summed E-state index contributed by atoms with van der Waals surface area (Å²) in [6.45, 7) is 4.73. The lowest BCUT2D eigenvalue weighted by Gasteiger charge is -2.42. The van der Waals surface area contributed by atoms with Crippen molar-refractivity contribution in [1.29, 1.82) is 0 Å². The molecule has 0 aliphatic carbocycles. The maximum Gasteiger partial charge on any atom is 0.135 e. The van der Waals surface area contributed by atoms with Crippen molar-refractivity contribution in [2.45, 2.75) is 19.3 Å². The van der Waals surface area contributed by atoms with Crippen LogP contribution in [0.25, 0.3) is 49.4 Å². The summed E-state index contributed by atoms with van der Waals surface area (Å²) in [5, 5.41) is 4.90. The molecule has 0 saturated carbocycles. The maximum absolute atomic E-state index is 6.40. The highest BCUT2D eigenvalue weighted by atomic mass is 16.3. The molecule has 42 heavy (non-hydrogen) atoms. The summed E-state index contributed by atoms with van der Waals surface area (Å²) < 4.78 is 8.81. The SMILES string of the molecule is CC1(C)c2cc(-n3c4ccccc4c4ccccc43)ccc2N(c2ccccc2)c2ccc3oc4ccccc4c3c21. The van der Waals surface area contributed by atoms with E-state index < -0.39 is 0 Å². The number of aromatic nitrogens is 1. The molecule has 0 spiro atoms. The predicted molar refractivity (Wildman–Crippen MR) is 175 cm³/mol. The molecule has 0 saturated heterocycles. The quantitative estimate of drug-likeness (QED) is 0.217. The number of rotatable bonds is 2. The van der Waals surface area contributed by atoms with Gasteiger partial charge in [-0.3, -0.25) is 0 Å². The normalized spacial score (nSPS) is 14.1. The molecule has 0 atom stereocenters. The molecule has 2 aromatic heterocycles. The smallest absolute Gasteiger partial charge is 0.135 e. The van der Waals surface area contributed by atoms with E-state index in [1.165, 1.54) is 55.4 Å². The average molecular weight is 541 g/mol. The van der Waals surface area contributed by atoms with Gasteiger partial charge >= 0.3 is 0 Å². The van der Waals surface area contributed by atoms with Gasteiger partial charge in [-0.05, 0) is 71.8 Å². The molecular weight excluding hydrogens is 512 g/mol. The lowest BCUT2D eigenvalue weighted by Crippen LogP contribution is -2.31. The number of hydrogen-bond donors (Lipinski definition) is 0. The number of para-hydroxylation sites is 4. The summed E-state index contributed by atoms with van der Waals surface area (Å²) in [6, 6.07) is 47.9. The number of nitrogens with zero attached hydrogens (tertiary/aromatic N) is 2. The van der Waals surface area contributed by atoms with Gasteiger partial charge in [0.1, 0.15) is 11.2 Å². The van der Waals surface area contributed by atoms with Gasteiger partial charge in [-0.15, -0.1) is 0 Å². The largest absolute Gasteiger partial charge is 0.456 e. The Bertz CT molecular complexity index is 2290. The average Bonchev–Trinajstić information content (AvgIpc) is 3.57. The molecule has 0 fully saturated rings. The molecule has 0 N–H and O–H groups in total. The number of hydrogen-bond acceptors (Lipinski definition) is 2. The van der Waals surface area contributed by atoms with Crippen LogP contribution in [0.4, 0.5) is 17.1 Å². The fraction of sp³-hybridized carbons (Fsp3) is 0.0769. The molecule has 200 valence electrons. The fourth-order valence-electron chi connectivity index (χ4n) is 7.30. The van der Waals surface area contributed by atoms with Gasteiger partial charge in [0.2, 0.25) is 0 Å². The van der Waals surface area contributed by atoms with Crippen molar-refractivity contribution in [2.75, 3.05) is 4.90 Å². The topological polar surface area (TPSA) is 21.3 Å². The second-order valence-corrected chi connectivity index (χ2v) is 11.8. The summed E-state index contributed by atoms with van der Waals surface area (Å²) in [6.07, 6.45) is 0. The van der Waals surface area contributed by atoms with Crippen molar-refractivity contribution in [2.24, 2.45) is 0 Å². The monoisotopic (exact) mass is 540 g/mol. The van der Waals surface area contributed by atoms with Crippen LogP contribution in [0.5, 0.6) is 0 Å². The van der Waals surface area contributed by atoms with Crippen molar-refractivity contribution in [3.8, 4) is 5.69 Å². The second-order valence-electron chi connectivity index (χ2n) is 11.8. The maximum atomic E-state index is 6.40. The Morgan fingerprint density at radius 2 is 1.14 bits per heavy atom. The predicted octanol–water partition coefficient (Wildman–Crippen LogP) is 10.8. The zero-order valence-electron chi connectivity index (χ0n) is 23.5. The second kappa shape index (κ2) is 8.37. The molecule has 0 radical (unpaired) electrons. The Morgan fingerprint density at radius 1 is 0.524 bits per heavy atom. The van der Waals surface area contributed by atoms with E-state index in [1.807, 2.05) is 6.07 Å². The van der Waals surface area contributed by atoms with Crippen molar-refractivity contribution in [3.05, 3.63) is 145 Å². The Labute approximate surface area is 243 Å². The van der Waals surface area contributed by atoms with E-state index in [9.17, 15) is 0 Å². The van der Waals surface area contributed by atoms with Gasteiger partial charge in [0, 0.05) is 38.3 Å². The Kier molecular flexibility index (Phi) is 4.67. The van der Waals surface area contributed by atoms with E-state index in [1.54, 1.807) is 0 Å². The van der Waals surface area contributed by atoms with E-state index in [4.69, 9.17) is 4.42 Å². The first kappa shape index (κ1) is 23.4. The van der Waals surface area contributed by atoms with Gasteiger partial charge in [-0.2, -0.15) is 0 Å². The van der Waals surface area contributed by atoms with E-state index in [2.05, 4.69) is 151 Å². The molecule has 0 amide bonds. The van der Waals surface area contributed by atoms with Gasteiger partial charge in [0.15, 0.2) is 0 Å². The minimum absolute atomic E-state index is 0.295. The molecule has 3 heterocycles. The van der Waals surface area contributed by atoms with Gasteiger partial charge in [-0.1, -0.05) is 86.6 Å². The fourth-order valence-corrected chi connectivity index (χ4v) is 7.30. The standard InChI is InChI=1S/C39H28N2O/c1-39(2)30-24-26(41-31-17-9-6-14-27(31)28-15-7-10-18-32(28)41)20-21-33(30)40(25-12-4-3-5-13-25)34-22-23-36-37(38(34)39)29-16-8-11-19-35(29)42-36/h3-24H,1-2H3. The number of furan rings is 1. The van der Waals surface area contributed by atoms with Gasteiger partial charge < -0.3 is 13.9 Å². The van der Waals surface area contributed by atoms with Gasteiger partial charge in [0.25, 0.3) is 0 Å². The molecule has 9 rings (SSSR count). The van der Waals surface area contributed by atoms with Crippen molar-refractivity contribution in [1.82, 2.24) is 4.57 Å². The number of benzene rings is 6. The highest BCUT2D eigenvalue weighted by Gasteiger charge is 2.39. The summed E-state index contributed by atoms with van der Waals surface area (Å²) in [7, 11) is 0. The van der Waals surface area contributed by atoms with E-state index in [-0.39, 0.29) is 5.41 Å². The summed E-state index contributed by atoms with van der Waals surface area (Å²) in [4.78, 5) is 2.42. The van der Waals surface area contributed by atoms with E-state index >= 15 is 0 Å². The molecule has 1 aliphatic rings. The third kappa shape index (κ3) is 3.05. The third-order valence-corrected chi connectivity index (χ3v) is 9.13. The zero-order valence-corrected chi connectivity index (χ0v) is 23.5. The molecule has 3 heteroatoms. The minimum Gasteiger partial charge on any atom is -0.456 e. The summed E-state index contributed by atoms with van der Waals surface area (Å²) >= 11 is 0. The lowest BCUT2D eigenvalue weighted by molar-refractivity contribution is 0.634. The molecule has 0 bridgehead atoms. The van der Waals surface area contributed by atoms with Crippen molar-refractivity contribution < 1.29 is 4.42 Å². The van der Waals surface area contributed by atoms with Crippen LogP contribution in [0.15, 0.2) is 138 Å². The Morgan fingerprint density at radius 3 is 1.88 bits per heavy atom. The first-order valence-corrected chi connectivity index (χ1v) is 14.5. The van der Waals surface area contributed by atoms with Gasteiger partial charge in [-0.25, -0.2) is 0 Å². The first-order chi connectivity index (χ1) is 20.6. The molecule has 6 aromatic carbocycles. The molecule has 3 nitrogen and oxygen atoms in total. The number of fused-ring (bicyclic) bond motifs is 9. The first-order valence-electron chi connectivity index (χ1n) is 14.5. The summed E-state index contributed by atoms with van der Waals surface area (Å²) in [5.74, 6) is 0. The Balaban J connectivity index is 1.39. The van der Waals surface area contributed by atoms with E-state index in [0.717, 1.165) is 22.2 Å². The van der Waals surface area contributed by atoms with Crippen LogP contribution in [-0.4, -0.2) is 4.57 Å². The van der Waals surface area contributed by atoms with Crippen LogP contribution in [-0.2, 0) is 5.41 Å². The third-order valence-electron chi connectivity index (χ3n) is 9.13. The molecule has 8 aromatic rings. The van der Waals surface area contributed by atoms with Crippen LogP contribution in [0.1, 0.15) is 25.0 Å². The van der Waals surface area contributed by atoms with Crippen molar-refractivity contribution >= 4 is 60.8 Å². The van der Waals surface area contributed by atoms with Gasteiger partial charge in [0.05, 0.1) is 22.4 Å². The highest BCUT2D eigenvalue weighted by molar-refractivity contribution is 6.11. The van der Waals surface area contributed by atoms with Crippen molar-refractivity contribution in [3.63, 3.8) is 0 Å². The lowest BCUT2D eigenvalue weighted by atomic mass is 9.71. The number of anilines is 3. The zero-order chi connectivity index (χ0) is 28.0. The highest BCUT2D eigenvalue weighted by Crippen LogP contribution is 2.55. The van der Waals surface area contributed by atoms with Crippen LogP contribution in [0, 0.1) is 0 Å². The van der Waals surface area contributed by atoms with Crippen LogP contribution in [0.2, 0.25) is 0 Å². The summed E-state index contributed by atoms with van der Waals surface area (Å²) in [5.41, 5.74) is 11.3. The van der Waals surface area contributed by atoms with Crippen LogP contribution >= 0.6 is 0 Å². The Hall–Kier alpha value is -5.28. The minimum atomic E-state index is -0.295.